The average molecular weight is 215 g/mol. The molecular weight excluding hydrogens is 202 g/mol. The molecule has 6 nitrogen and oxygen atoms in total. The fourth-order valence-corrected chi connectivity index (χ4v) is 1.22. The van der Waals surface area contributed by atoms with Gasteiger partial charge in [-0.1, -0.05) is 13.3 Å². The molecule has 6 heteroatoms. The van der Waals surface area contributed by atoms with Crippen LogP contribution in [0.15, 0.2) is 0 Å². The summed E-state index contributed by atoms with van der Waals surface area (Å²) in [6.45, 7) is 2.17. The first-order valence-corrected chi connectivity index (χ1v) is 4.80. The van der Waals surface area contributed by atoms with Gasteiger partial charge in [0, 0.05) is 0 Å². The molecule has 0 aliphatic carbocycles. The lowest BCUT2D eigenvalue weighted by atomic mass is 10.1. The minimum absolute atomic E-state index is 0.0221. The van der Waals surface area contributed by atoms with Crippen LogP contribution in [0.1, 0.15) is 26.2 Å². The molecule has 1 heterocycles. The predicted molar refractivity (Wildman–Crippen MR) is 47.6 cm³/mol. The third-order valence-corrected chi connectivity index (χ3v) is 2.15. The van der Waals surface area contributed by atoms with Crippen LogP contribution in [-0.4, -0.2) is 34.7 Å². The lowest BCUT2D eigenvalue weighted by Crippen LogP contribution is -2.30. The Labute approximate surface area is 86.8 Å². The Morgan fingerprint density at radius 2 is 2.27 bits per heavy atom. The van der Waals surface area contributed by atoms with Gasteiger partial charge in [-0.25, -0.2) is 0 Å². The highest BCUT2D eigenvalue weighted by Crippen LogP contribution is 2.19. The zero-order valence-corrected chi connectivity index (χ0v) is 8.43. The Balaban J connectivity index is 2.47. The van der Waals surface area contributed by atoms with Crippen LogP contribution in [0.4, 0.5) is 0 Å². The molecule has 84 valence electrons. The molecule has 1 aliphatic heterocycles. The van der Waals surface area contributed by atoms with E-state index in [2.05, 4.69) is 0 Å². The number of unbranched alkanes of at least 4 members (excludes halogenated alkanes) is 1. The molecule has 2 amide bonds. The maximum absolute atomic E-state index is 11.3. The molecule has 1 atom stereocenters. The highest BCUT2D eigenvalue weighted by molar-refractivity contribution is 6.11. The summed E-state index contributed by atoms with van der Waals surface area (Å²) in [7, 11) is 0. The van der Waals surface area contributed by atoms with Crippen molar-refractivity contribution < 1.29 is 24.3 Å². The first kappa shape index (κ1) is 11.6. The van der Waals surface area contributed by atoms with Gasteiger partial charge < -0.3 is 4.74 Å². The molecular formula is C9H13NO5. The Bertz CT molecular complexity index is 288. The molecule has 1 fully saturated rings. The zero-order chi connectivity index (χ0) is 11.4. The van der Waals surface area contributed by atoms with Crippen molar-refractivity contribution in [1.29, 1.82) is 0 Å². The summed E-state index contributed by atoms with van der Waals surface area (Å²) in [5.74, 6) is -3.57. The topological polar surface area (TPSA) is 83.9 Å². The number of esters is 1. The molecule has 0 spiro atoms. The maximum atomic E-state index is 11.3. The highest BCUT2D eigenvalue weighted by atomic mass is 16.5. The van der Waals surface area contributed by atoms with Crippen molar-refractivity contribution in [2.75, 3.05) is 6.61 Å². The third-order valence-electron chi connectivity index (χ3n) is 2.15. The molecule has 0 aromatic carbocycles. The summed E-state index contributed by atoms with van der Waals surface area (Å²) < 4.78 is 4.78. The molecule has 0 radical (unpaired) electrons. The average Bonchev–Trinajstić information content (AvgIpc) is 2.46. The van der Waals surface area contributed by atoms with Crippen molar-refractivity contribution in [2.24, 2.45) is 5.92 Å². The van der Waals surface area contributed by atoms with Gasteiger partial charge in [0.1, 0.15) is 5.92 Å². The number of imide groups is 1. The summed E-state index contributed by atoms with van der Waals surface area (Å²) >= 11 is 0. The van der Waals surface area contributed by atoms with E-state index in [1.165, 1.54) is 0 Å². The van der Waals surface area contributed by atoms with Crippen molar-refractivity contribution >= 4 is 17.8 Å². The molecule has 1 saturated heterocycles. The highest BCUT2D eigenvalue weighted by Gasteiger charge is 2.43. The third kappa shape index (κ3) is 2.53. The number of hydrogen-bond donors (Lipinski definition) is 1. The maximum Gasteiger partial charge on any atom is 0.319 e. The van der Waals surface area contributed by atoms with Crippen LogP contribution in [0, 0.1) is 5.92 Å². The van der Waals surface area contributed by atoms with Gasteiger partial charge in [0.25, 0.3) is 11.8 Å². The normalized spacial score (nSPS) is 20.9. The van der Waals surface area contributed by atoms with Crippen molar-refractivity contribution in [3.05, 3.63) is 0 Å². The number of ether oxygens (including phenoxy) is 1. The quantitative estimate of drug-likeness (QED) is 0.236. The van der Waals surface area contributed by atoms with Crippen LogP contribution in [-0.2, 0) is 19.1 Å². The molecule has 0 bridgehead atoms. The second kappa shape index (κ2) is 4.88. The molecule has 0 saturated carbocycles. The summed E-state index contributed by atoms with van der Waals surface area (Å²) in [5.41, 5.74) is 0. The van der Waals surface area contributed by atoms with Gasteiger partial charge in [0.05, 0.1) is 13.0 Å². The van der Waals surface area contributed by atoms with E-state index in [-0.39, 0.29) is 18.1 Å². The van der Waals surface area contributed by atoms with Gasteiger partial charge in [-0.3, -0.25) is 19.6 Å². The fraction of sp³-hybridized carbons (Fsp3) is 0.667. The van der Waals surface area contributed by atoms with E-state index < -0.39 is 23.7 Å². The minimum Gasteiger partial charge on any atom is -0.465 e. The number of amides is 2. The molecule has 1 rings (SSSR count). The summed E-state index contributed by atoms with van der Waals surface area (Å²) in [6.07, 6.45) is 1.28. The smallest absolute Gasteiger partial charge is 0.319 e. The standard InChI is InChI=1S/C9H13NO5/c1-2-3-4-15-9(13)6-5-7(11)10(14)8(6)12/h6,14H,2-5H2,1H3. The van der Waals surface area contributed by atoms with Crippen LogP contribution >= 0.6 is 0 Å². The first-order chi connectivity index (χ1) is 7.07. The number of hydrogen-bond acceptors (Lipinski definition) is 5. The van der Waals surface area contributed by atoms with Crippen molar-refractivity contribution in [1.82, 2.24) is 5.06 Å². The van der Waals surface area contributed by atoms with E-state index >= 15 is 0 Å². The van der Waals surface area contributed by atoms with Crippen molar-refractivity contribution in [3.8, 4) is 0 Å². The zero-order valence-electron chi connectivity index (χ0n) is 8.43. The summed E-state index contributed by atoms with van der Waals surface area (Å²) in [6, 6.07) is 0. The summed E-state index contributed by atoms with van der Waals surface area (Å²) in [5, 5.41) is 8.86. The van der Waals surface area contributed by atoms with Gasteiger partial charge in [0.2, 0.25) is 0 Å². The largest absolute Gasteiger partial charge is 0.465 e. The summed E-state index contributed by atoms with van der Waals surface area (Å²) in [4.78, 5) is 33.3. The Hall–Kier alpha value is -1.43. The van der Waals surface area contributed by atoms with Crippen LogP contribution < -0.4 is 0 Å². The van der Waals surface area contributed by atoms with Crippen LogP contribution in [0.3, 0.4) is 0 Å². The number of carbonyl (C=O) groups is 3. The Kier molecular flexibility index (Phi) is 3.79. The van der Waals surface area contributed by atoms with E-state index in [1.54, 1.807) is 0 Å². The molecule has 1 aliphatic rings. The van der Waals surface area contributed by atoms with Gasteiger partial charge in [0.15, 0.2) is 0 Å². The molecule has 1 unspecified atom stereocenters. The second-order valence-electron chi connectivity index (χ2n) is 3.32. The van der Waals surface area contributed by atoms with Gasteiger partial charge >= 0.3 is 5.97 Å². The number of nitrogens with zero attached hydrogens (tertiary/aromatic N) is 1. The van der Waals surface area contributed by atoms with Crippen LogP contribution in [0.25, 0.3) is 0 Å². The first-order valence-electron chi connectivity index (χ1n) is 4.80. The van der Waals surface area contributed by atoms with Gasteiger partial charge in [-0.15, -0.1) is 0 Å². The molecule has 15 heavy (non-hydrogen) atoms. The van der Waals surface area contributed by atoms with Crippen LogP contribution in [0.5, 0.6) is 0 Å². The minimum atomic E-state index is -1.17. The van der Waals surface area contributed by atoms with Gasteiger partial charge in [-0.2, -0.15) is 5.06 Å². The number of rotatable bonds is 4. The number of hydroxylamine groups is 2. The SMILES string of the molecule is CCCCOC(=O)C1CC(=O)N(O)C1=O. The lowest BCUT2D eigenvalue weighted by molar-refractivity contribution is -0.173. The lowest BCUT2D eigenvalue weighted by Gasteiger charge is -2.07. The number of carbonyl (C=O) groups excluding carboxylic acids is 3. The van der Waals surface area contributed by atoms with Crippen molar-refractivity contribution in [2.45, 2.75) is 26.2 Å². The Morgan fingerprint density at radius 3 is 2.73 bits per heavy atom. The monoisotopic (exact) mass is 215 g/mol. The van der Waals surface area contributed by atoms with Crippen LogP contribution in [0.2, 0.25) is 0 Å². The van der Waals surface area contributed by atoms with Gasteiger partial charge in [-0.05, 0) is 6.42 Å². The van der Waals surface area contributed by atoms with E-state index in [0.717, 1.165) is 6.42 Å². The van der Waals surface area contributed by atoms with E-state index in [9.17, 15) is 14.4 Å². The molecule has 1 N–H and O–H groups in total. The van der Waals surface area contributed by atoms with E-state index in [4.69, 9.17) is 9.94 Å². The molecule has 0 aromatic rings. The van der Waals surface area contributed by atoms with E-state index in [1.807, 2.05) is 6.92 Å². The van der Waals surface area contributed by atoms with Crippen molar-refractivity contribution in [3.63, 3.8) is 0 Å². The predicted octanol–water partition coefficient (Wildman–Crippen LogP) is 0.0940. The van der Waals surface area contributed by atoms with E-state index in [0.29, 0.717) is 6.42 Å². The molecule has 0 aromatic heterocycles. The second-order valence-corrected chi connectivity index (χ2v) is 3.32. The Morgan fingerprint density at radius 1 is 1.60 bits per heavy atom. The fourth-order valence-electron chi connectivity index (χ4n) is 1.22.